The van der Waals surface area contributed by atoms with Crippen LogP contribution in [0.4, 0.5) is 0 Å². The molecule has 3 nitrogen and oxygen atoms in total. The normalized spacial score (nSPS) is 50.8. The number of methoxy groups -OCH3 is 1. The van der Waals surface area contributed by atoms with Gasteiger partial charge in [-0.05, 0) is 19.4 Å². The van der Waals surface area contributed by atoms with Gasteiger partial charge in [-0.1, -0.05) is 0 Å². The molecule has 0 N–H and O–H groups in total. The first-order valence-corrected chi connectivity index (χ1v) is 4.77. The number of hydrogen-bond acceptors (Lipinski definition) is 3. The minimum Gasteiger partial charge on any atom is -0.382 e. The van der Waals surface area contributed by atoms with Crippen molar-refractivity contribution < 1.29 is 9.47 Å². The molecule has 3 aliphatic rings. The lowest BCUT2D eigenvalue weighted by molar-refractivity contribution is 0.0617. The summed E-state index contributed by atoms with van der Waals surface area (Å²) < 4.78 is 11.0. The van der Waals surface area contributed by atoms with Crippen LogP contribution in [0.1, 0.15) is 12.8 Å². The van der Waals surface area contributed by atoms with Gasteiger partial charge in [0.1, 0.15) is 11.7 Å². The smallest absolute Gasteiger partial charge is 0.135 e. The lowest BCUT2D eigenvalue weighted by Crippen LogP contribution is -2.38. The Morgan fingerprint density at radius 2 is 2.58 bits per heavy atom. The van der Waals surface area contributed by atoms with Crippen molar-refractivity contribution in [3.8, 4) is 0 Å². The molecule has 0 bridgehead atoms. The first-order chi connectivity index (χ1) is 5.87. The van der Waals surface area contributed by atoms with Crippen molar-refractivity contribution in [2.75, 3.05) is 26.8 Å². The summed E-state index contributed by atoms with van der Waals surface area (Å²) in [6.45, 7) is 3.21. The van der Waals surface area contributed by atoms with Crippen molar-refractivity contribution in [3.63, 3.8) is 0 Å². The Labute approximate surface area is 72.6 Å². The van der Waals surface area contributed by atoms with Gasteiger partial charge in [0.2, 0.25) is 0 Å². The number of morpholine rings is 1. The number of fused-ring (bicyclic) bond motifs is 3. The van der Waals surface area contributed by atoms with E-state index < -0.39 is 0 Å². The van der Waals surface area contributed by atoms with Crippen molar-refractivity contribution in [3.05, 3.63) is 0 Å². The molecule has 3 fully saturated rings. The first kappa shape index (κ1) is 7.30. The van der Waals surface area contributed by atoms with Gasteiger partial charge in [-0.15, -0.1) is 0 Å². The number of epoxide rings is 1. The maximum atomic E-state index is 5.73. The fourth-order valence-electron chi connectivity index (χ4n) is 2.98. The van der Waals surface area contributed by atoms with Gasteiger partial charge in [0, 0.05) is 19.7 Å². The zero-order valence-corrected chi connectivity index (χ0v) is 7.45. The monoisotopic (exact) mass is 169 g/mol. The lowest BCUT2D eigenvalue weighted by Gasteiger charge is -2.22. The summed E-state index contributed by atoms with van der Waals surface area (Å²) in [5, 5.41) is 0. The van der Waals surface area contributed by atoms with Crippen molar-refractivity contribution in [2.45, 2.75) is 30.6 Å². The second-order valence-corrected chi connectivity index (χ2v) is 4.15. The molecule has 0 aromatic rings. The second-order valence-electron chi connectivity index (χ2n) is 4.15. The summed E-state index contributed by atoms with van der Waals surface area (Å²) in [6, 6.07) is 0.669. The van der Waals surface area contributed by atoms with E-state index in [0.717, 1.165) is 13.2 Å². The Kier molecular flexibility index (Phi) is 1.35. The minimum absolute atomic E-state index is 0.116. The third kappa shape index (κ3) is 0.721. The SMILES string of the molecule is COC[C@]12O[C@H]1CN1CCC[C@H]12. The maximum absolute atomic E-state index is 5.73. The summed E-state index contributed by atoms with van der Waals surface area (Å²) in [7, 11) is 1.77. The molecule has 3 heterocycles. The summed E-state index contributed by atoms with van der Waals surface area (Å²) in [5.74, 6) is 0. The van der Waals surface area contributed by atoms with E-state index in [4.69, 9.17) is 9.47 Å². The molecule has 0 unspecified atom stereocenters. The topological polar surface area (TPSA) is 25.0 Å². The number of nitrogens with zero attached hydrogens (tertiary/aromatic N) is 1. The van der Waals surface area contributed by atoms with Crippen LogP contribution in [0.3, 0.4) is 0 Å². The average Bonchev–Trinajstić information content (AvgIpc) is 2.44. The van der Waals surface area contributed by atoms with Crippen molar-refractivity contribution in [2.24, 2.45) is 0 Å². The molecule has 3 atom stereocenters. The maximum Gasteiger partial charge on any atom is 0.135 e. The molecule has 0 aromatic carbocycles. The Bertz CT molecular complexity index is 209. The average molecular weight is 169 g/mol. The van der Waals surface area contributed by atoms with Gasteiger partial charge in [-0.3, -0.25) is 4.90 Å². The van der Waals surface area contributed by atoms with Gasteiger partial charge >= 0.3 is 0 Å². The van der Waals surface area contributed by atoms with Crippen LogP contribution >= 0.6 is 0 Å². The van der Waals surface area contributed by atoms with E-state index in [1.54, 1.807) is 7.11 Å². The Morgan fingerprint density at radius 1 is 1.67 bits per heavy atom. The van der Waals surface area contributed by atoms with E-state index in [1.807, 2.05) is 0 Å². The first-order valence-electron chi connectivity index (χ1n) is 4.77. The van der Waals surface area contributed by atoms with E-state index in [0.29, 0.717) is 12.1 Å². The molecule has 0 radical (unpaired) electrons. The van der Waals surface area contributed by atoms with Gasteiger partial charge in [-0.2, -0.15) is 0 Å². The highest BCUT2D eigenvalue weighted by Crippen LogP contribution is 2.51. The van der Waals surface area contributed by atoms with Crippen molar-refractivity contribution >= 4 is 0 Å². The Balaban J connectivity index is 1.81. The van der Waals surface area contributed by atoms with Crippen LogP contribution in [0.15, 0.2) is 0 Å². The largest absolute Gasteiger partial charge is 0.382 e. The Hall–Kier alpha value is -0.120. The number of ether oxygens (including phenoxy) is 2. The molecular formula is C9H15NO2. The quantitative estimate of drug-likeness (QED) is 0.554. The molecule has 0 saturated carbocycles. The molecule has 12 heavy (non-hydrogen) atoms. The molecule has 0 spiro atoms. The summed E-state index contributed by atoms with van der Waals surface area (Å²) in [5.41, 5.74) is 0.116. The molecule has 0 amide bonds. The number of rotatable bonds is 2. The molecule has 0 aliphatic carbocycles. The molecule has 3 rings (SSSR count). The van der Waals surface area contributed by atoms with Gasteiger partial charge < -0.3 is 9.47 Å². The van der Waals surface area contributed by atoms with Crippen LogP contribution in [0.5, 0.6) is 0 Å². The van der Waals surface area contributed by atoms with E-state index in [-0.39, 0.29) is 5.60 Å². The molecule has 0 aromatic heterocycles. The molecule has 3 saturated heterocycles. The predicted octanol–water partition coefficient (Wildman–Crippen LogP) is 0.248. The van der Waals surface area contributed by atoms with Crippen LogP contribution in [0.2, 0.25) is 0 Å². The fraction of sp³-hybridized carbons (Fsp3) is 1.00. The summed E-state index contributed by atoms with van der Waals surface area (Å²) >= 11 is 0. The number of hydrogen-bond donors (Lipinski definition) is 0. The summed E-state index contributed by atoms with van der Waals surface area (Å²) in [6.07, 6.45) is 3.13. The fourth-order valence-corrected chi connectivity index (χ4v) is 2.98. The van der Waals surface area contributed by atoms with Crippen LogP contribution < -0.4 is 0 Å². The van der Waals surface area contributed by atoms with Gasteiger partial charge in [0.15, 0.2) is 0 Å². The predicted molar refractivity (Wildman–Crippen MR) is 44.1 cm³/mol. The van der Waals surface area contributed by atoms with Gasteiger partial charge in [-0.25, -0.2) is 0 Å². The third-order valence-electron chi connectivity index (χ3n) is 3.55. The highest BCUT2D eigenvalue weighted by Gasteiger charge is 2.68. The zero-order chi connectivity index (χ0) is 8.18. The van der Waals surface area contributed by atoms with E-state index in [1.165, 1.54) is 19.4 Å². The molecule has 3 aliphatic heterocycles. The Morgan fingerprint density at radius 3 is 3.42 bits per heavy atom. The van der Waals surface area contributed by atoms with Crippen molar-refractivity contribution in [1.82, 2.24) is 4.90 Å². The molecular weight excluding hydrogens is 154 g/mol. The summed E-state index contributed by atoms with van der Waals surface area (Å²) in [4.78, 5) is 2.56. The third-order valence-corrected chi connectivity index (χ3v) is 3.55. The van der Waals surface area contributed by atoms with Gasteiger partial charge in [0.05, 0.1) is 6.61 Å². The van der Waals surface area contributed by atoms with E-state index in [2.05, 4.69) is 4.90 Å². The molecule has 68 valence electrons. The highest BCUT2D eigenvalue weighted by atomic mass is 16.6. The van der Waals surface area contributed by atoms with Crippen LogP contribution in [0.25, 0.3) is 0 Å². The van der Waals surface area contributed by atoms with Gasteiger partial charge in [0.25, 0.3) is 0 Å². The van der Waals surface area contributed by atoms with Crippen LogP contribution in [-0.4, -0.2) is 49.5 Å². The zero-order valence-electron chi connectivity index (χ0n) is 7.45. The standard InChI is InChI=1S/C9H15NO2/c1-11-6-9-7-3-2-4-10(7)5-8(9)12-9/h7-8H,2-6H2,1H3/t7-,8-,9+/m0/s1. The highest BCUT2D eigenvalue weighted by molar-refractivity contribution is 5.19. The van der Waals surface area contributed by atoms with E-state index >= 15 is 0 Å². The van der Waals surface area contributed by atoms with Crippen molar-refractivity contribution in [1.29, 1.82) is 0 Å². The van der Waals surface area contributed by atoms with Crippen LogP contribution in [-0.2, 0) is 9.47 Å². The molecule has 3 heteroatoms. The lowest BCUT2D eigenvalue weighted by atomic mass is 9.99. The van der Waals surface area contributed by atoms with Crippen LogP contribution in [0, 0.1) is 0 Å². The second kappa shape index (κ2) is 2.22. The van der Waals surface area contributed by atoms with E-state index in [9.17, 15) is 0 Å². The minimum atomic E-state index is 0.116.